The van der Waals surface area contributed by atoms with E-state index >= 15 is 0 Å². The minimum absolute atomic E-state index is 0.0332. The van der Waals surface area contributed by atoms with E-state index in [4.69, 9.17) is 0 Å². The molecule has 96 valence electrons. The van der Waals surface area contributed by atoms with E-state index in [0.29, 0.717) is 6.04 Å². The van der Waals surface area contributed by atoms with Gasteiger partial charge in [-0.25, -0.2) is 0 Å². The first-order chi connectivity index (χ1) is 8.15. The molecule has 2 atom stereocenters. The quantitative estimate of drug-likeness (QED) is 0.805. The van der Waals surface area contributed by atoms with Crippen LogP contribution < -0.4 is 5.32 Å². The smallest absolute Gasteiger partial charge is 0.243 e. The molecule has 0 bridgehead atoms. The molecule has 4 heteroatoms. The molecular formula is C13H22N2O2. The van der Waals surface area contributed by atoms with Crippen LogP contribution in [0.5, 0.6) is 0 Å². The molecule has 0 aromatic rings. The summed E-state index contributed by atoms with van der Waals surface area (Å²) in [4.78, 5) is 26.0. The maximum Gasteiger partial charge on any atom is 0.243 e. The van der Waals surface area contributed by atoms with Crippen LogP contribution in [0.15, 0.2) is 0 Å². The average molecular weight is 238 g/mol. The van der Waals surface area contributed by atoms with Crippen molar-refractivity contribution in [3.8, 4) is 0 Å². The fourth-order valence-electron chi connectivity index (χ4n) is 3.01. The van der Waals surface area contributed by atoms with Gasteiger partial charge >= 0.3 is 0 Å². The van der Waals surface area contributed by atoms with Crippen molar-refractivity contribution >= 4 is 11.8 Å². The molecule has 2 amide bonds. The zero-order valence-electron chi connectivity index (χ0n) is 10.7. The first-order valence-electron chi connectivity index (χ1n) is 6.74. The Morgan fingerprint density at radius 1 is 1.35 bits per heavy atom. The first-order valence-corrected chi connectivity index (χ1v) is 6.74. The largest absolute Gasteiger partial charge is 0.345 e. The molecule has 0 spiro atoms. The summed E-state index contributed by atoms with van der Waals surface area (Å²) in [6.45, 7) is 4.32. The van der Waals surface area contributed by atoms with E-state index in [1.807, 2.05) is 4.90 Å². The third-order valence-corrected chi connectivity index (χ3v) is 4.17. The van der Waals surface area contributed by atoms with Crippen LogP contribution in [0.25, 0.3) is 0 Å². The Bertz CT molecular complexity index is 311. The van der Waals surface area contributed by atoms with Gasteiger partial charge in [0.15, 0.2) is 0 Å². The van der Waals surface area contributed by atoms with Gasteiger partial charge in [0.1, 0.15) is 6.04 Å². The highest BCUT2D eigenvalue weighted by Crippen LogP contribution is 2.29. The van der Waals surface area contributed by atoms with Crippen molar-refractivity contribution in [2.24, 2.45) is 5.92 Å². The Morgan fingerprint density at radius 2 is 2.00 bits per heavy atom. The second kappa shape index (κ2) is 5.07. The summed E-state index contributed by atoms with van der Waals surface area (Å²) in [6.07, 6.45) is 5.42. The van der Waals surface area contributed by atoms with Gasteiger partial charge in [0, 0.05) is 6.04 Å². The van der Waals surface area contributed by atoms with E-state index in [-0.39, 0.29) is 30.3 Å². The van der Waals surface area contributed by atoms with Gasteiger partial charge in [0.05, 0.1) is 6.54 Å². The fraction of sp³-hybridized carbons (Fsp3) is 0.846. The molecule has 1 heterocycles. The predicted molar refractivity (Wildman–Crippen MR) is 65.4 cm³/mol. The maximum atomic E-state index is 12.1. The Balaban J connectivity index is 2.21. The zero-order chi connectivity index (χ0) is 12.4. The van der Waals surface area contributed by atoms with Crippen LogP contribution in [0, 0.1) is 5.92 Å². The van der Waals surface area contributed by atoms with Crippen LogP contribution in [-0.4, -0.2) is 35.3 Å². The molecule has 0 radical (unpaired) electrons. The molecular weight excluding hydrogens is 216 g/mol. The summed E-state index contributed by atoms with van der Waals surface area (Å²) in [7, 11) is 0. The summed E-state index contributed by atoms with van der Waals surface area (Å²) in [5, 5.41) is 2.72. The Labute approximate surface area is 103 Å². The lowest BCUT2D eigenvalue weighted by atomic mass is 9.93. The summed E-state index contributed by atoms with van der Waals surface area (Å²) < 4.78 is 0. The topological polar surface area (TPSA) is 49.4 Å². The molecule has 2 unspecified atom stereocenters. The molecule has 17 heavy (non-hydrogen) atoms. The van der Waals surface area contributed by atoms with E-state index in [1.54, 1.807) is 0 Å². The van der Waals surface area contributed by atoms with Crippen molar-refractivity contribution in [3.63, 3.8) is 0 Å². The SMILES string of the molecule is CCC(C)C1C(=O)NCC(=O)N1C1CCCC1. The van der Waals surface area contributed by atoms with Crippen LogP contribution in [0.4, 0.5) is 0 Å². The minimum Gasteiger partial charge on any atom is -0.345 e. The van der Waals surface area contributed by atoms with E-state index in [0.717, 1.165) is 19.3 Å². The lowest BCUT2D eigenvalue weighted by molar-refractivity contribution is -0.150. The number of nitrogens with zero attached hydrogens (tertiary/aromatic N) is 1. The van der Waals surface area contributed by atoms with Gasteiger partial charge < -0.3 is 10.2 Å². The monoisotopic (exact) mass is 238 g/mol. The highest BCUT2D eigenvalue weighted by molar-refractivity contribution is 5.95. The van der Waals surface area contributed by atoms with Crippen LogP contribution in [-0.2, 0) is 9.59 Å². The first kappa shape index (κ1) is 12.4. The van der Waals surface area contributed by atoms with Gasteiger partial charge in [-0.15, -0.1) is 0 Å². The molecule has 2 rings (SSSR count). The number of nitrogens with one attached hydrogen (secondary N) is 1. The van der Waals surface area contributed by atoms with E-state index in [2.05, 4.69) is 19.2 Å². The van der Waals surface area contributed by atoms with Crippen LogP contribution in [0.2, 0.25) is 0 Å². The molecule has 2 aliphatic rings. The van der Waals surface area contributed by atoms with Gasteiger partial charge in [-0.1, -0.05) is 33.1 Å². The molecule has 0 aromatic heterocycles. The van der Waals surface area contributed by atoms with Crippen LogP contribution in [0.1, 0.15) is 46.0 Å². The lowest BCUT2D eigenvalue weighted by Gasteiger charge is -2.41. The van der Waals surface area contributed by atoms with Crippen LogP contribution >= 0.6 is 0 Å². The molecule has 1 aliphatic heterocycles. The number of amides is 2. The summed E-state index contributed by atoms with van der Waals surface area (Å²) in [5.74, 6) is 0.368. The van der Waals surface area contributed by atoms with E-state index in [9.17, 15) is 9.59 Å². The predicted octanol–water partition coefficient (Wildman–Crippen LogP) is 1.30. The Kier molecular flexibility index (Phi) is 3.69. The molecule has 1 N–H and O–H groups in total. The number of hydrogen-bond acceptors (Lipinski definition) is 2. The number of piperazine rings is 1. The lowest BCUT2D eigenvalue weighted by Crippen LogP contribution is -2.63. The average Bonchev–Trinajstić information content (AvgIpc) is 2.84. The highest BCUT2D eigenvalue weighted by atomic mass is 16.2. The number of hydrogen-bond donors (Lipinski definition) is 1. The maximum absolute atomic E-state index is 12.1. The summed E-state index contributed by atoms with van der Waals surface area (Å²) in [6, 6.07) is 0.0527. The summed E-state index contributed by atoms with van der Waals surface area (Å²) >= 11 is 0. The molecule has 2 fully saturated rings. The van der Waals surface area contributed by atoms with Crippen molar-refractivity contribution in [1.82, 2.24) is 10.2 Å². The van der Waals surface area contributed by atoms with Crippen molar-refractivity contribution in [3.05, 3.63) is 0 Å². The zero-order valence-corrected chi connectivity index (χ0v) is 10.7. The van der Waals surface area contributed by atoms with Crippen molar-refractivity contribution < 1.29 is 9.59 Å². The van der Waals surface area contributed by atoms with Crippen molar-refractivity contribution in [2.75, 3.05) is 6.54 Å². The minimum atomic E-state index is -0.246. The van der Waals surface area contributed by atoms with Crippen molar-refractivity contribution in [2.45, 2.75) is 58.0 Å². The Hall–Kier alpha value is -1.06. The van der Waals surface area contributed by atoms with Gasteiger partial charge in [0.2, 0.25) is 11.8 Å². The number of carbonyl (C=O) groups is 2. The van der Waals surface area contributed by atoms with E-state index in [1.165, 1.54) is 12.8 Å². The van der Waals surface area contributed by atoms with E-state index < -0.39 is 0 Å². The number of rotatable bonds is 3. The number of carbonyl (C=O) groups excluding carboxylic acids is 2. The normalized spacial score (nSPS) is 28.4. The summed E-state index contributed by atoms with van der Waals surface area (Å²) in [5.41, 5.74) is 0. The molecule has 4 nitrogen and oxygen atoms in total. The van der Waals surface area contributed by atoms with Crippen LogP contribution in [0.3, 0.4) is 0 Å². The standard InChI is InChI=1S/C13H22N2O2/c1-3-9(2)12-13(17)14-8-11(16)15(12)10-6-4-5-7-10/h9-10,12H,3-8H2,1-2H3,(H,14,17). The third kappa shape index (κ3) is 2.31. The second-order valence-corrected chi connectivity index (χ2v) is 5.29. The second-order valence-electron chi connectivity index (χ2n) is 5.29. The van der Waals surface area contributed by atoms with Gasteiger partial charge in [-0.2, -0.15) is 0 Å². The molecule has 1 saturated carbocycles. The van der Waals surface area contributed by atoms with Gasteiger partial charge in [-0.05, 0) is 18.8 Å². The third-order valence-electron chi connectivity index (χ3n) is 4.17. The fourth-order valence-corrected chi connectivity index (χ4v) is 3.01. The Morgan fingerprint density at radius 3 is 2.59 bits per heavy atom. The molecule has 1 aliphatic carbocycles. The van der Waals surface area contributed by atoms with Gasteiger partial charge in [-0.3, -0.25) is 9.59 Å². The molecule has 1 saturated heterocycles. The molecule has 0 aromatic carbocycles. The van der Waals surface area contributed by atoms with Crippen molar-refractivity contribution in [1.29, 1.82) is 0 Å². The highest BCUT2D eigenvalue weighted by Gasteiger charge is 2.41. The van der Waals surface area contributed by atoms with Gasteiger partial charge in [0.25, 0.3) is 0 Å².